The van der Waals surface area contributed by atoms with E-state index >= 15 is 0 Å². The largest absolute Gasteiger partial charge is 0.403 e. The van der Waals surface area contributed by atoms with E-state index in [1.54, 1.807) is 12.1 Å². The highest BCUT2D eigenvalue weighted by atomic mass is 35.5. The first-order valence-electron chi connectivity index (χ1n) is 6.19. The van der Waals surface area contributed by atoms with E-state index in [1.165, 1.54) is 0 Å². The first kappa shape index (κ1) is 16.5. The van der Waals surface area contributed by atoms with Gasteiger partial charge in [0, 0.05) is 6.20 Å². The number of hydrogen-bond donors (Lipinski definition) is 2. The molecule has 0 fully saturated rings. The van der Waals surface area contributed by atoms with Gasteiger partial charge in [-0.1, -0.05) is 23.8 Å². The minimum absolute atomic E-state index is 0.00818. The highest BCUT2D eigenvalue weighted by Gasteiger charge is 2.02. The molecule has 0 spiro atoms. The van der Waals surface area contributed by atoms with Crippen LogP contribution in [0.2, 0.25) is 0 Å². The molecule has 0 aliphatic heterocycles. The van der Waals surface area contributed by atoms with Crippen molar-refractivity contribution in [2.24, 2.45) is 16.5 Å². The molecule has 0 atom stereocenters. The van der Waals surface area contributed by atoms with Crippen LogP contribution in [0.4, 0.5) is 5.82 Å². The smallest absolute Gasteiger partial charge is 0.155 e. The van der Waals surface area contributed by atoms with Gasteiger partial charge in [-0.3, -0.25) is 0 Å². The van der Waals surface area contributed by atoms with Crippen molar-refractivity contribution in [1.29, 1.82) is 5.26 Å². The molecule has 1 aromatic heterocycles. The van der Waals surface area contributed by atoms with Crippen LogP contribution in [0.3, 0.4) is 0 Å². The molecule has 0 bridgehead atoms. The summed E-state index contributed by atoms with van der Waals surface area (Å²) >= 11 is 6.20. The van der Waals surface area contributed by atoms with Crippen LogP contribution in [0.25, 0.3) is 11.1 Å². The molecule has 0 unspecified atom stereocenters. The van der Waals surface area contributed by atoms with E-state index in [-0.39, 0.29) is 11.4 Å². The molecule has 21 heavy (non-hydrogen) atoms. The average molecular weight is 302 g/mol. The molecule has 108 valence electrons. The van der Waals surface area contributed by atoms with Crippen molar-refractivity contribution < 1.29 is 0 Å². The van der Waals surface area contributed by atoms with Gasteiger partial charge in [0.2, 0.25) is 0 Å². The van der Waals surface area contributed by atoms with E-state index in [0.29, 0.717) is 16.2 Å². The summed E-state index contributed by atoms with van der Waals surface area (Å²) in [4.78, 5) is 8.44. The molecule has 0 aromatic carbocycles. The van der Waals surface area contributed by atoms with Crippen LogP contribution in [-0.2, 0) is 0 Å². The second kappa shape index (κ2) is 7.88. The summed E-state index contributed by atoms with van der Waals surface area (Å²) in [6, 6.07) is 5.38. The first-order chi connectivity index (χ1) is 10.1. The van der Waals surface area contributed by atoms with Gasteiger partial charge >= 0.3 is 0 Å². The van der Waals surface area contributed by atoms with Crippen molar-refractivity contribution in [2.45, 2.75) is 13.8 Å². The van der Waals surface area contributed by atoms with E-state index in [1.807, 2.05) is 38.1 Å². The average Bonchev–Trinajstić information content (AvgIpc) is 2.48. The SMILES string of the molecule is C\C=C/C(Cl)=c1/nc(N=C(N)/C(C#N)=C\N)cc/c1=C/C. The number of nitrogens with two attached hydrogens (primary N) is 2. The van der Waals surface area contributed by atoms with E-state index in [4.69, 9.17) is 28.3 Å². The molecule has 0 radical (unpaired) electrons. The Morgan fingerprint density at radius 2 is 2.14 bits per heavy atom. The second-order valence-corrected chi connectivity index (χ2v) is 4.34. The number of pyridine rings is 1. The van der Waals surface area contributed by atoms with Crippen molar-refractivity contribution in [1.82, 2.24) is 4.98 Å². The third-order valence-electron chi connectivity index (χ3n) is 2.56. The fraction of sp³-hybridized carbons (Fsp3) is 0.133. The second-order valence-electron chi connectivity index (χ2n) is 3.93. The van der Waals surface area contributed by atoms with Gasteiger partial charge in [0.05, 0.1) is 10.4 Å². The molecule has 1 aromatic rings. The molecule has 1 heterocycles. The first-order valence-corrected chi connectivity index (χ1v) is 6.57. The number of hydrogen-bond acceptors (Lipinski definition) is 4. The number of nitrogens with zero attached hydrogens (tertiary/aromatic N) is 3. The summed E-state index contributed by atoms with van der Waals surface area (Å²) in [5.74, 6) is 0.360. The maximum atomic E-state index is 8.85. The van der Waals surface area contributed by atoms with Crippen LogP contribution in [0.1, 0.15) is 13.8 Å². The lowest BCUT2D eigenvalue weighted by Gasteiger charge is -1.99. The Bertz CT molecular complexity index is 766. The minimum Gasteiger partial charge on any atom is -0.403 e. The number of allylic oxidation sites excluding steroid dienone is 2. The van der Waals surface area contributed by atoms with Crippen LogP contribution in [0, 0.1) is 11.3 Å². The van der Waals surface area contributed by atoms with Gasteiger partial charge in [-0.25, -0.2) is 9.98 Å². The molecule has 0 aliphatic carbocycles. The van der Waals surface area contributed by atoms with Gasteiger partial charge in [0.25, 0.3) is 0 Å². The fourth-order valence-electron chi connectivity index (χ4n) is 1.53. The van der Waals surface area contributed by atoms with Crippen molar-refractivity contribution in [3.63, 3.8) is 0 Å². The fourth-order valence-corrected chi connectivity index (χ4v) is 1.81. The number of amidine groups is 1. The number of halogens is 1. The zero-order valence-corrected chi connectivity index (χ0v) is 12.6. The van der Waals surface area contributed by atoms with Crippen LogP contribution < -0.4 is 22.0 Å². The molecule has 0 saturated heterocycles. The van der Waals surface area contributed by atoms with Gasteiger partial charge in [-0.15, -0.1) is 0 Å². The molecular formula is C15H16ClN5. The molecule has 1 rings (SSSR count). The molecular weight excluding hydrogens is 286 g/mol. The Labute approximate surface area is 128 Å². The van der Waals surface area contributed by atoms with Gasteiger partial charge in [-0.05, 0) is 37.3 Å². The molecule has 0 aliphatic rings. The maximum Gasteiger partial charge on any atom is 0.155 e. The minimum atomic E-state index is 0.00818. The van der Waals surface area contributed by atoms with E-state index in [9.17, 15) is 0 Å². The molecule has 0 saturated carbocycles. The predicted octanol–water partition coefficient (Wildman–Crippen LogP) is 1.16. The van der Waals surface area contributed by atoms with Crippen molar-refractivity contribution in [3.8, 4) is 6.07 Å². The Morgan fingerprint density at radius 3 is 2.67 bits per heavy atom. The van der Waals surface area contributed by atoms with E-state index in [0.717, 1.165) is 11.4 Å². The van der Waals surface area contributed by atoms with Crippen molar-refractivity contribution >= 4 is 34.4 Å². The Kier molecular flexibility index (Phi) is 6.18. The van der Waals surface area contributed by atoms with Crippen LogP contribution in [-0.4, -0.2) is 10.8 Å². The molecule has 0 amide bonds. The third-order valence-corrected chi connectivity index (χ3v) is 2.87. The summed E-state index contributed by atoms with van der Waals surface area (Å²) in [7, 11) is 0. The van der Waals surface area contributed by atoms with E-state index in [2.05, 4.69) is 9.98 Å². The normalized spacial score (nSPS) is 15.2. The standard InChI is InChI=1S/C15H16ClN5/c1-3-5-12(16)14-10(4-2)6-7-13(20-14)21-15(19)11(8-17)9-18/h3-8H,17H2,1-2H3,(H2,19,20,21)/b5-3-,10-4-,11-8-,14-12-. The monoisotopic (exact) mass is 301 g/mol. The van der Waals surface area contributed by atoms with Gasteiger partial charge < -0.3 is 11.5 Å². The maximum absolute atomic E-state index is 8.85. The summed E-state index contributed by atoms with van der Waals surface area (Å²) < 4.78 is 0. The number of rotatable bonds is 3. The quantitative estimate of drug-likeness (QED) is 0.497. The number of aromatic nitrogens is 1. The third kappa shape index (κ3) is 4.20. The Balaban J connectivity index is 3.52. The number of aliphatic imine (C=N–C) groups is 1. The lowest BCUT2D eigenvalue weighted by Crippen LogP contribution is -2.28. The van der Waals surface area contributed by atoms with Gasteiger partial charge in [-0.2, -0.15) is 5.26 Å². The summed E-state index contributed by atoms with van der Waals surface area (Å²) in [5, 5.41) is 10.8. The Hall–Kier alpha value is -2.58. The topological polar surface area (TPSA) is 101 Å². The van der Waals surface area contributed by atoms with Crippen molar-refractivity contribution in [3.05, 3.63) is 46.6 Å². The highest BCUT2D eigenvalue weighted by molar-refractivity contribution is 6.47. The molecule has 4 N–H and O–H groups in total. The summed E-state index contributed by atoms with van der Waals surface area (Å²) in [6.07, 6.45) is 6.56. The lowest BCUT2D eigenvalue weighted by molar-refractivity contribution is 1.18. The van der Waals surface area contributed by atoms with Crippen LogP contribution in [0.15, 0.2) is 41.1 Å². The Morgan fingerprint density at radius 1 is 1.43 bits per heavy atom. The van der Waals surface area contributed by atoms with Gasteiger partial charge in [0.1, 0.15) is 17.5 Å². The van der Waals surface area contributed by atoms with Crippen LogP contribution in [0.5, 0.6) is 0 Å². The highest BCUT2D eigenvalue weighted by Crippen LogP contribution is 2.06. The summed E-state index contributed by atoms with van der Waals surface area (Å²) in [6.45, 7) is 3.76. The number of nitriles is 1. The lowest BCUT2D eigenvalue weighted by atomic mass is 10.3. The van der Waals surface area contributed by atoms with Crippen molar-refractivity contribution in [2.75, 3.05) is 0 Å². The molecule has 6 heteroatoms. The zero-order chi connectivity index (χ0) is 15.8. The predicted molar refractivity (Wildman–Crippen MR) is 86.9 cm³/mol. The molecule has 5 nitrogen and oxygen atoms in total. The van der Waals surface area contributed by atoms with Crippen LogP contribution >= 0.6 is 11.6 Å². The van der Waals surface area contributed by atoms with Gasteiger partial charge in [0.15, 0.2) is 5.82 Å². The van der Waals surface area contributed by atoms with E-state index < -0.39 is 0 Å². The summed E-state index contributed by atoms with van der Waals surface area (Å²) in [5.41, 5.74) is 11.1. The zero-order valence-electron chi connectivity index (χ0n) is 11.8.